The zero-order valence-corrected chi connectivity index (χ0v) is 13.9. The summed E-state index contributed by atoms with van der Waals surface area (Å²) in [5, 5.41) is 11.5. The van der Waals surface area contributed by atoms with Gasteiger partial charge in [-0.15, -0.1) is 0 Å². The third kappa shape index (κ3) is 2.46. The maximum absolute atomic E-state index is 15.4. The molecule has 0 spiro atoms. The van der Waals surface area contributed by atoms with Crippen LogP contribution in [-0.2, 0) is 0 Å². The number of halogens is 3. The van der Waals surface area contributed by atoms with Crippen LogP contribution in [0.4, 0.5) is 18.9 Å². The van der Waals surface area contributed by atoms with Gasteiger partial charge in [-0.05, 0) is 12.1 Å². The van der Waals surface area contributed by atoms with E-state index in [0.29, 0.717) is 13.1 Å². The highest BCUT2D eigenvalue weighted by molar-refractivity contribution is 6.01. The minimum atomic E-state index is -1.60. The van der Waals surface area contributed by atoms with Gasteiger partial charge in [0.15, 0.2) is 17.5 Å². The Morgan fingerprint density at radius 3 is 2.44 bits per heavy atom. The summed E-state index contributed by atoms with van der Waals surface area (Å²) in [5.41, 5.74) is -3.13. The van der Waals surface area contributed by atoms with Crippen molar-refractivity contribution in [1.82, 2.24) is 9.72 Å². The van der Waals surface area contributed by atoms with E-state index in [1.54, 1.807) is 0 Å². The number of pyridine rings is 2. The number of piperazine rings is 1. The monoisotopic (exact) mass is 377 g/mol. The van der Waals surface area contributed by atoms with E-state index in [1.165, 1.54) is 29.3 Å². The Hall–Kier alpha value is -3.07. The number of fused-ring (bicyclic) bond motifs is 3. The molecule has 2 aromatic heterocycles. The molecule has 27 heavy (non-hydrogen) atoms. The molecule has 140 valence electrons. The van der Waals surface area contributed by atoms with E-state index in [0.717, 1.165) is 4.40 Å². The van der Waals surface area contributed by atoms with Crippen molar-refractivity contribution in [2.45, 2.75) is 0 Å². The number of nitrogens with zero attached hydrogens (tertiary/aromatic N) is 2. The molecule has 9 heteroatoms. The molecule has 0 atom stereocenters. The average Bonchev–Trinajstić information content (AvgIpc) is 2.66. The summed E-state index contributed by atoms with van der Waals surface area (Å²) < 4.78 is 46.0. The van der Waals surface area contributed by atoms with Crippen molar-refractivity contribution in [3.05, 3.63) is 57.6 Å². The van der Waals surface area contributed by atoms with Gasteiger partial charge in [-0.25, -0.2) is 18.0 Å². The van der Waals surface area contributed by atoms with Gasteiger partial charge in [0.1, 0.15) is 11.3 Å². The van der Waals surface area contributed by atoms with Crippen LogP contribution in [0.3, 0.4) is 0 Å². The number of hydrogen-bond acceptors (Lipinski definition) is 4. The highest BCUT2D eigenvalue weighted by Gasteiger charge is 2.30. The summed E-state index contributed by atoms with van der Waals surface area (Å²) in [6, 6.07) is 4.27. The van der Waals surface area contributed by atoms with Gasteiger partial charge < -0.3 is 19.7 Å². The molecule has 0 aliphatic carbocycles. The lowest BCUT2D eigenvalue weighted by atomic mass is 10.1. The van der Waals surface area contributed by atoms with Crippen LogP contribution in [0.5, 0.6) is 0 Å². The van der Waals surface area contributed by atoms with E-state index in [9.17, 15) is 23.5 Å². The Bertz CT molecular complexity index is 1150. The van der Waals surface area contributed by atoms with Crippen LogP contribution in [0.1, 0.15) is 10.4 Å². The SMILES string of the molecule is O=C(O)c1c(=O)c2c(F)c(F)c(N3CCNCC3)c(F)c2n2ccccc12. The van der Waals surface area contributed by atoms with Crippen molar-refractivity contribution in [3.8, 4) is 0 Å². The minimum absolute atomic E-state index is 0.0985. The van der Waals surface area contributed by atoms with Crippen molar-refractivity contribution < 1.29 is 23.1 Å². The van der Waals surface area contributed by atoms with Crippen LogP contribution < -0.4 is 15.6 Å². The smallest absolute Gasteiger partial charge is 0.341 e. The minimum Gasteiger partial charge on any atom is -0.477 e. The van der Waals surface area contributed by atoms with Crippen LogP contribution in [-0.4, -0.2) is 41.7 Å². The average molecular weight is 377 g/mol. The van der Waals surface area contributed by atoms with Gasteiger partial charge in [0.05, 0.1) is 16.4 Å². The Morgan fingerprint density at radius 1 is 1.07 bits per heavy atom. The van der Waals surface area contributed by atoms with Crippen LogP contribution in [0, 0.1) is 17.5 Å². The second kappa shape index (κ2) is 6.27. The number of aromatic carboxylic acids is 1. The number of aromatic nitrogens is 1. The molecule has 4 rings (SSSR count). The number of anilines is 1. The van der Waals surface area contributed by atoms with E-state index in [1.807, 2.05) is 0 Å². The Balaban J connectivity index is 2.22. The third-order valence-electron chi connectivity index (χ3n) is 4.73. The first kappa shape index (κ1) is 17.3. The van der Waals surface area contributed by atoms with E-state index in [4.69, 9.17) is 0 Å². The molecule has 0 saturated carbocycles. The maximum atomic E-state index is 15.4. The molecular formula is C18H14F3N3O3. The lowest BCUT2D eigenvalue weighted by molar-refractivity contribution is 0.0697. The van der Waals surface area contributed by atoms with Gasteiger partial charge in [0.2, 0.25) is 5.43 Å². The predicted molar refractivity (Wildman–Crippen MR) is 93.1 cm³/mol. The summed E-state index contributed by atoms with van der Waals surface area (Å²) in [4.78, 5) is 25.5. The lowest BCUT2D eigenvalue weighted by Gasteiger charge is -2.30. The fourth-order valence-corrected chi connectivity index (χ4v) is 3.53. The Morgan fingerprint density at radius 2 is 1.78 bits per heavy atom. The van der Waals surface area contributed by atoms with Gasteiger partial charge in [-0.2, -0.15) is 0 Å². The van der Waals surface area contributed by atoms with Crippen LogP contribution in [0.25, 0.3) is 16.4 Å². The molecular weight excluding hydrogens is 363 g/mol. The fraction of sp³-hybridized carbons (Fsp3) is 0.222. The molecule has 1 aliphatic heterocycles. The summed E-state index contributed by atoms with van der Waals surface area (Å²) in [5.74, 6) is -5.74. The molecule has 1 aliphatic rings. The zero-order chi connectivity index (χ0) is 19.3. The highest BCUT2D eigenvalue weighted by atomic mass is 19.2. The first-order valence-electron chi connectivity index (χ1n) is 8.26. The molecule has 0 bridgehead atoms. The Kier molecular flexibility index (Phi) is 4.03. The number of carbonyl (C=O) groups is 1. The summed E-state index contributed by atoms with van der Waals surface area (Å²) in [7, 11) is 0. The van der Waals surface area contributed by atoms with Gasteiger partial charge in [0.25, 0.3) is 0 Å². The molecule has 3 heterocycles. The van der Waals surface area contributed by atoms with Crippen LogP contribution in [0.15, 0.2) is 29.2 Å². The van der Waals surface area contributed by atoms with Crippen molar-refractivity contribution in [3.63, 3.8) is 0 Å². The number of rotatable bonds is 2. The quantitative estimate of drug-likeness (QED) is 0.528. The van der Waals surface area contributed by atoms with E-state index >= 15 is 4.39 Å². The second-order valence-corrected chi connectivity index (χ2v) is 6.22. The van der Waals surface area contributed by atoms with E-state index in [2.05, 4.69) is 5.32 Å². The van der Waals surface area contributed by atoms with Gasteiger partial charge in [-0.1, -0.05) is 6.07 Å². The molecule has 1 aromatic carbocycles. The van der Waals surface area contributed by atoms with Crippen LogP contribution >= 0.6 is 0 Å². The van der Waals surface area contributed by atoms with Crippen molar-refractivity contribution in [1.29, 1.82) is 0 Å². The number of benzene rings is 1. The standard InChI is InChI=1S/C18H14F3N3O3/c19-12-11-15(14(21)16(13(12)20)23-7-4-22-5-8-23)24-6-2-1-3-9(24)10(17(11)25)18(26)27/h1-3,6,22H,4-5,7-8H2,(H,26,27). The summed E-state index contributed by atoms with van der Waals surface area (Å²) in [6.07, 6.45) is 1.31. The molecule has 0 radical (unpaired) electrons. The zero-order valence-electron chi connectivity index (χ0n) is 13.9. The fourth-order valence-electron chi connectivity index (χ4n) is 3.53. The molecule has 1 saturated heterocycles. The number of carboxylic acids is 1. The topological polar surface area (TPSA) is 74.0 Å². The number of nitrogens with one attached hydrogen (secondary N) is 1. The van der Waals surface area contributed by atoms with E-state index < -0.39 is 51.0 Å². The molecule has 0 amide bonds. The van der Waals surface area contributed by atoms with Crippen molar-refractivity contribution >= 4 is 28.1 Å². The van der Waals surface area contributed by atoms with Crippen molar-refractivity contribution in [2.24, 2.45) is 0 Å². The highest BCUT2D eigenvalue weighted by Crippen LogP contribution is 2.33. The van der Waals surface area contributed by atoms with Gasteiger partial charge in [0, 0.05) is 32.4 Å². The maximum Gasteiger partial charge on any atom is 0.341 e. The molecule has 2 N–H and O–H groups in total. The van der Waals surface area contributed by atoms with Crippen LogP contribution in [0.2, 0.25) is 0 Å². The molecule has 3 aromatic rings. The first-order chi connectivity index (χ1) is 12.9. The summed E-state index contributed by atoms with van der Waals surface area (Å²) >= 11 is 0. The van der Waals surface area contributed by atoms with E-state index in [-0.39, 0.29) is 18.6 Å². The Labute approximate surface area is 150 Å². The molecule has 6 nitrogen and oxygen atoms in total. The third-order valence-corrected chi connectivity index (χ3v) is 4.73. The summed E-state index contributed by atoms with van der Waals surface area (Å²) in [6.45, 7) is 1.46. The largest absolute Gasteiger partial charge is 0.477 e. The number of hydrogen-bond donors (Lipinski definition) is 2. The van der Waals surface area contributed by atoms with Gasteiger partial charge >= 0.3 is 5.97 Å². The predicted octanol–water partition coefficient (Wildman–Crippen LogP) is 1.98. The first-order valence-corrected chi connectivity index (χ1v) is 8.26. The molecule has 0 unspecified atom stereocenters. The van der Waals surface area contributed by atoms with Crippen molar-refractivity contribution in [2.75, 3.05) is 31.1 Å². The van der Waals surface area contributed by atoms with Gasteiger partial charge in [-0.3, -0.25) is 4.79 Å². The lowest BCUT2D eigenvalue weighted by Crippen LogP contribution is -2.44. The normalized spacial score (nSPS) is 14.9. The molecule has 1 fully saturated rings. The number of carboxylic acid groups (broad SMARTS) is 1. The second-order valence-electron chi connectivity index (χ2n) is 6.22.